The minimum absolute atomic E-state index is 0.502. The van der Waals surface area contributed by atoms with Crippen LogP contribution >= 0.6 is 11.3 Å². The summed E-state index contributed by atoms with van der Waals surface area (Å²) in [6.45, 7) is 6.13. The Labute approximate surface area is 126 Å². The molecular formula is C14H24N2O2S2. The van der Waals surface area contributed by atoms with Crippen molar-refractivity contribution >= 4 is 21.4 Å². The Morgan fingerprint density at radius 3 is 2.85 bits per heavy atom. The van der Waals surface area contributed by atoms with Crippen molar-refractivity contribution in [1.82, 2.24) is 9.62 Å². The first-order chi connectivity index (χ1) is 9.45. The second-order valence-electron chi connectivity index (χ2n) is 5.60. The third-order valence-electron chi connectivity index (χ3n) is 3.87. The van der Waals surface area contributed by atoms with Gasteiger partial charge in [0.05, 0.1) is 4.90 Å². The highest BCUT2D eigenvalue weighted by Gasteiger charge is 2.29. The van der Waals surface area contributed by atoms with Gasteiger partial charge in [0.25, 0.3) is 0 Å². The van der Waals surface area contributed by atoms with Crippen molar-refractivity contribution < 1.29 is 8.42 Å². The number of rotatable bonds is 4. The predicted octanol–water partition coefficient (Wildman–Crippen LogP) is 2.59. The Morgan fingerprint density at radius 1 is 1.40 bits per heavy atom. The Bertz CT molecular complexity index is 552. The average Bonchev–Trinajstić information content (AvgIpc) is 2.61. The Balaban J connectivity index is 2.25. The summed E-state index contributed by atoms with van der Waals surface area (Å²) >= 11 is 1.57. The first kappa shape index (κ1) is 15.9. The molecule has 1 aliphatic rings. The van der Waals surface area contributed by atoms with E-state index in [1.807, 2.05) is 20.0 Å². The third kappa shape index (κ3) is 3.42. The van der Waals surface area contributed by atoms with Gasteiger partial charge in [-0.3, -0.25) is 0 Å². The molecule has 1 saturated heterocycles. The molecule has 6 heteroatoms. The van der Waals surface area contributed by atoms with Gasteiger partial charge in [-0.2, -0.15) is 4.31 Å². The Morgan fingerprint density at radius 2 is 2.15 bits per heavy atom. The van der Waals surface area contributed by atoms with Crippen molar-refractivity contribution in [2.45, 2.75) is 44.6 Å². The van der Waals surface area contributed by atoms with Crippen molar-refractivity contribution in [3.63, 3.8) is 0 Å². The summed E-state index contributed by atoms with van der Waals surface area (Å²) in [5.41, 5.74) is 0. The lowest BCUT2D eigenvalue weighted by Crippen LogP contribution is -2.32. The maximum absolute atomic E-state index is 12.8. The largest absolute Gasteiger partial charge is 0.315 e. The zero-order valence-corrected chi connectivity index (χ0v) is 14.1. The lowest BCUT2D eigenvalue weighted by atomic mass is 10.0. The number of hydrogen-bond acceptors (Lipinski definition) is 4. The molecule has 4 nitrogen and oxygen atoms in total. The van der Waals surface area contributed by atoms with Crippen molar-refractivity contribution in [2.24, 2.45) is 5.92 Å². The van der Waals surface area contributed by atoms with Crippen LogP contribution in [-0.2, 0) is 16.6 Å². The summed E-state index contributed by atoms with van der Waals surface area (Å²) < 4.78 is 27.3. The molecule has 1 aromatic heterocycles. The van der Waals surface area contributed by atoms with Gasteiger partial charge < -0.3 is 5.32 Å². The average molecular weight is 316 g/mol. The Hall–Kier alpha value is -0.430. The van der Waals surface area contributed by atoms with E-state index in [9.17, 15) is 8.42 Å². The van der Waals surface area contributed by atoms with E-state index >= 15 is 0 Å². The molecule has 1 N–H and O–H groups in total. The monoisotopic (exact) mass is 316 g/mol. The molecule has 2 heterocycles. The molecular weight excluding hydrogens is 292 g/mol. The van der Waals surface area contributed by atoms with Crippen LogP contribution in [0.3, 0.4) is 0 Å². The van der Waals surface area contributed by atoms with E-state index in [0.717, 1.165) is 35.6 Å². The summed E-state index contributed by atoms with van der Waals surface area (Å²) in [7, 11) is -1.45. The number of hydrogen-bond donors (Lipinski definition) is 1. The molecule has 0 saturated carbocycles. The van der Waals surface area contributed by atoms with Gasteiger partial charge in [0.15, 0.2) is 0 Å². The van der Waals surface area contributed by atoms with Crippen LogP contribution in [0.15, 0.2) is 11.0 Å². The van der Waals surface area contributed by atoms with E-state index in [1.165, 1.54) is 0 Å². The van der Waals surface area contributed by atoms with Gasteiger partial charge in [0.2, 0.25) is 10.0 Å². The molecule has 1 aromatic rings. The highest BCUT2D eigenvalue weighted by atomic mass is 32.2. The van der Waals surface area contributed by atoms with E-state index < -0.39 is 10.0 Å². The van der Waals surface area contributed by atoms with Gasteiger partial charge in [-0.05, 0) is 45.2 Å². The highest BCUT2D eigenvalue weighted by Crippen LogP contribution is 2.30. The highest BCUT2D eigenvalue weighted by molar-refractivity contribution is 7.89. The molecule has 0 radical (unpaired) electrons. The normalized spacial score (nSPS) is 21.9. The molecule has 1 fully saturated rings. The molecule has 2 rings (SSSR count). The van der Waals surface area contributed by atoms with E-state index in [1.54, 1.807) is 15.6 Å². The number of sulfonamides is 1. The van der Waals surface area contributed by atoms with Gasteiger partial charge in [0, 0.05) is 29.4 Å². The summed E-state index contributed by atoms with van der Waals surface area (Å²) in [4.78, 5) is 2.47. The minimum Gasteiger partial charge on any atom is -0.315 e. The molecule has 1 aliphatic heterocycles. The SMILES string of the molecule is CNCc1cc(S(=O)(=O)N2CCCC(C)CC2)c(C)s1. The van der Waals surface area contributed by atoms with Crippen molar-refractivity contribution in [3.05, 3.63) is 15.8 Å². The second kappa shape index (κ2) is 6.56. The maximum Gasteiger partial charge on any atom is 0.244 e. The molecule has 0 aliphatic carbocycles. The topological polar surface area (TPSA) is 49.4 Å². The fourth-order valence-electron chi connectivity index (χ4n) is 2.66. The van der Waals surface area contributed by atoms with Crippen LogP contribution in [-0.4, -0.2) is 32.9 Å². The molecule has 0 amide bonds. The predicted molar refractivity (Wildman–Crippen MR) is 83.6 cm³/mol. The van der Waals surface area contributed by atoms with Crippen LogP contribution in [0.1, 0.15) is 35.9 Å². The van der Waals surface area contributed by atoms with Crippen molar-refractivity contribution in [2.75, 3.05) is 20.1 Å². The van der Waals surface area contributed by atoms with E-state index in [4.69, 9.17) is 0 Å². The summed E-state index contributed by atoms with van der Waals surface area (Å²) in [5, 5.41) is 3.07. The molecule has 1 unspecified atom stereocenters. The van der Waals surface area contributed by atoms with Gasteiger partial charge in [-0.25, -0.2) is 8.42 Å². The summed E-state index contributed by atoms with van der Waals surface area (Å²) in [6.07, 6.45) is 3.05. The molecule has 0 spiro atoms. The fraction of sp³-hybridized carbons (Fsp3) is 0.714. The summed E-state index contributed by atoms with van der Waals surface area (Å²) in [6, 6.07) is 1.83. The zero-order valence-electron chi connectivity index (χ0n) is 12.5. The molecule has 1 atom stereocenters. The number of aryl methyl sites for hydroxylation is 1. The maximum atomic E-state index is 12.8. The molecule has 20 heavy (non-hydrogen) atoms. The zero-order chi connectivity index (χ0) is 14.8. The van der Waals surface area contributed by atoms with Crippen LogP contribution in [0.25, 0.3) is 0 Å². The van der Waals surface area contributed by atoms with E-state index in [0.29, 0.717) is 23.9 Å². The van der Waals surface area contributed by atoms with Crippen LogP contribution in [0.2, 0.25) is 0 Å². The second-order valence-corrected chi connectivity index (χ2v) is 8.85. The van der Waals surface area contributed by atoms with Crippen LogP contribution in [0.5, 0.6) is 0 Å². The first-order valence-electron chi connectivity index (χ1n) is 7.19. The Kier molecular flexibility index (Phi) is 5.23. The minimum atomic E-state index is -3.32. The lowest BCUT2D eigenvalue weighted by molar-refractivity contribution is 0.416. The lowest BCUT2D eigenvalue weighted by Gasteiger charge is -2.19. The van der Waals surface area contributed by atoms with Gasteiger partial charge in [-0.1, -0.05) is 6.92 Å². The van der Waals surface area contributed by atoms with Crippen LogP contribution < -0.4 is 5.32 Å². The molecule has 0 bridgehead atoms. The van der Waals surface area contributed by atoms with Crippen molar-refractivity contribution in [3.8, 4) is 0 Å². The van der Waals surface area contributed by atoms with Crippen molar-refractivity contribution in [1.29, 1.82) is 0 Å². The number of nitrogens with zero attached hydrogens (tertiary/aromatic N) is 1. The van der Waals surface area contributed by atoms with E-state index in [-0.39, 0.29) is 0 Å². The first-order valence-corrected chi connectivity index (χ1v) is 9.45. The fourth-order valence-corrected chi connectivity index (χ4v) is 5.77. The molecule has 0 aromatic carbocycles. The summed E-state index contributed by atoms with van der Waals surface area (Å²) in [5.74, 6) is 0.624. The number of thiophene rings is 1. The van der Waals surface area contributed by atoms with Gasteiger partial charge >= 0.3 is 0 Å². The standard InChI is InChI=1S/C14H24N2O2S2/c1-11-5-4-7-16(8-6-11)20(17,18)14-9-13(10-15-3)19-12(14)2/h9,11,15H,4-8,10H2,1-3H3. The van der Waals surface area contributed by atoms with E-state index in [2.05, 4.69) is 12.2 Å². The molecule has 114 valence electrons. The van der Waals surface area contributed by atoms with Crippen LogP contribution in [0, 0.1) is 12.8 Å². The van der Waals surface area contributed by atoms with Gasteiger partial charge in [-0.15, -0.1) is 11.3 Å². The quantitative estimate of drug-likeness (QED) is 0.929. The number of nitrogens with one attached hydrogen (secondary N) is 1. The van der Waals surface area contributed by atoms with Crippen LogP contribution in [0.4, 0.5) is 0 Å². The third-order valence-corrected chi connectivity index (χ3v) is 7.07. The van der Waals surface area contributed by atoms with Gasteiger partial charge in [0.1, 0.15) is 0 Å². The smallest absolute Gasteiger partial charge is 0.244 e.